The third-order valence-electron chi connectivity index (χ3n) is 2.91. The topological polar surface area (TPSA) is 46.2 Å². The van der Waals surface area contributed by atoms with Crippen molar-refractivity contribution in [3.63, 3.8) is 0 Å². The van der Waals surface area contributed by atoms with E-state index in [0.29, 0.717) is 10.2 Å². The minimum absolute atomic E-state index is 0.102. The molecule has 1 rings (SSSR count). The molecular weight excluding hydrogens is 314 g/mol. The number of nitrogens with one attached hydrogen (secondary N) is 1. The Morgan fingerprint density at radius 3 is 2.39 bits per heavy atom. The highest BCUT2D eigenvalue weighted by Crippen LogP contribution is 2.18. The molecule has 0 spiro atoms. The predicted octanol–water partition coefficient (Wildman–Crippen LogP) is 3.00. The van der Waals surface area contributed by atoms with Crippen LogP contribution in [0.15, 0.2) is 23.1 Å². The molecule has 0 aliphatic heterocycles. The molecule has 1 aromatic rings. The summed E-state index contributed by atoms with van der Waals surface area (Å²) in [5.74, 6) is 0.240. The fourth-order valence-electron chi connectivity index (χ4n) is 1.61. The van der Waals surface area contributed by atoms with Gasteiger partial charge in [-0.3, -0.25) is 0 Å². The molecule has 3 nitrogen and oxygen atoms in total. The van der Waals surface area contributed by atoms with Crippen LogP contribution >= 0.6 is 15.9 Å². The number of benzene rings is 1. The molecule has 1 N–H and O–H groups in total. The van der Waals surface area contributed by atoms with Crippen LogP contribution in [-0.4, -0.2) is 19.8 Å². The standard InChI is InChI=1S/C13H20BrNO2S/c1-9(2)12(8-14)15-18(16,17)13-7-10(3)5-6-11(13)4/h5-7,9,12,15H,8H2,1-4H3. The van der Waals surface area contributed by atoms with Gasteiger partial charge in [0.15, 0.2) is 0 Å². The smallest absolute Gasteiger partial charge is 0.207 e. The van der Waals surface area contributed by atoms with Crippen LogP contribution in [0.5, 0.6) is 0 Å². The van der Waals surface area contributed by atoms with Crippen molar-refractivity contribution >= 4 is 26.0 Å². The molecule has 102 valence electrons. The van der Waals surface area contributed by atoms with E-state index in [2.05, 4.69) is 20.7 Å². The second kappa shape index (κ2) is 6.17. The Morgan fingerprint density at radius 2 is 1.89 bits per heavy atom. The first-order valence-electron chi connectivity index (χ1n) is 5.93. The Labute approximate surface area is 118 Å². The number of hydrogen-bond donors (Lipinski definition) is 1. The monoisotopic (exact) mass is 333 g/mol. The summed E-state index contributed by atoms with van der Waals surface area (Å²) in [6, 6.07) is 5.36. The van der Waals surface area contributed by atoms with Gasteiger partial charge in [-0.1, -0.05) is 41.9 Å². The summed E-state index contributed by atoms with van der Waals surface area (Å²) in [4.78, 5) is 0.370. The van der Waals surface area contributed by atoms with Crippen molar-refractivity contribution in [2.75, 3.05) is 5.33 Å². The van der Waals surface area contributed by atoms with E-state index in [9.17, 15) is 8.42 Å². The van der Waals surface area contributed by atoms with Gasteiger partial charge in [-0.25, -0.2) is 13.1 Å². The number of rotatable bonds is 5. The minimum atomic E-state index is -3.45. The minimum Gasteiger partial charge on any atom is -0.207 e. The molecule has 0 saturated heterocycles. The molecule has 1 atom stereocenters. The second-order valence-electron chi connectivity index (χ2n) is 4.90. The van der Waals surface area contributed by atoms with Gasteiger partial charge in [-0.05, 0) is 37.0 Å². The van der Waals surface area contributed by atoms with E-state index in [1.54, 1.807) is 6.07 Å². The van der Waals surface area contributed by atoms with Crippen molar-refractivity contribution in [1.29, 1.82) is 0 Å². The number of hydrogen-bond acceptors (Lipinski definition) is 2. The maximum atomic E-state index is 12.3. The lowest BCUT2D eigenvalue weighted by molar-refractivity contribution is 0.483. The van der Waals surface area contributed by atoms with E-state index in [-0.39, 0.29) is 12.0 Å². The molecule has 18 heavy (non-hydrogen) atoms. The number of alkyl halides is 1. The van der Waals surface area contributed by atoms with Crippen LogP contribution in [-0.2, 0) is 10.0 Å². The van der Waals surface area contributed by atoms with E-state index in [1.165, 1.54) is 0 Å². The summed E-state index contributed by atoms with van der Waals surface area (Å²) in [6.07, 6.45) is 0. The van der Waals surface area contributed by atoms with E-state index >= 15 is 0 Å². The van der Waals surface area contributed by atoms with Crippen LogP contribution in [0.3, 0.4) is 0 Å². The fraction of sp³-hybridized carbons (Fsp3) is 0.538. The molecular formula is C13H20BrNO2S. The summed E-state index contributed by atoms with van der Waals surface area (Å²) >= 11 is 3.35. The molecule has 0 aliphatic rings. The zero-order valence-corrected chi connectivity index (χ0v) is 13.6. The van der Waals surface area contributed by atoms with Gasteiger partial charge in [0.1, 0.15) is 0 Å². The lowest BCUT2D eigenvalue weighted by atomic mass is 10.1. The zero-order chi connectivity index (χ0) is 13.9. The van der Waals surface area contributed by atoms with Crippen molar-refractivity contribution in [2.45, 2.75) is 38.6 Å². The molecule has 0 amide bonds. The number of sulfonamides is 1. The second-order valence-corrected chi connectivity index (χ2v) is 7.22. The molecule has 1 unspecified atom stereocenters. The fourth-order valence-corrected chi connectivity index (χ4v) is 4.44. The lowest BCUT2D eigenvalue weighted by Crippen LogP contribution is -2.39. The van der Waals surface area contributed by atoms with Gasteiger partial charge in [0, 0.05) is 11.4 Å². The normalized spacial score (nSPS) is 13.9. The Kier molecular flexibility index (Phi) is 5.37. The van der Waals surface area contributed by atoms with Crippen LogP contribution in [0.25, 0.3) is 0 Å². The Balaban J connectivity index is 3.10. The van der Waals surface area contributed by atoms with Gasteiger partial charge in [-0.15, -0.1) is 0 Å². The highest BCUT2D eigenvalue weighted by Gasteiger charge is 2.23. The first-order valence-corrected chi connectivity index (χ1v) is 8.54. The van der Waals surface area contributed by atoms with Crippen molar-refractivity contribution in [1.82, 2.24) is 4.72 Å². The van der Waals surface area contributed by atoms with Crippen molar-refractivity contribution in [3.05, 3.63) is 29.3 Å². The molecule has 0 heterocycles. The first-order chi connectivity index (χ1) is 8.27. The summed E-state index contributed by atoms with van der Waals surface area (Å²) in [7, 11) is -3.45. The van der Waals surface area contributed by atoms with Crippen molar-refractivity contribution < 1.29 is 8.42 Å². The highest BCUT2D eigenvalue weighted by atomic mass is 79.9. The quantitative estimate of drug-likeness (QED) is 0.842. The molecule has 0 bridgehead atoms. The summed E-state index contributed by atoms with van der Waals surface area (Å²) in [6.45, 7) is 7.70. The Bertz CT molecular complexity index is 512. The van der Waals surface area contributed by atoms with Gasteiger partial charge < -0.3 is 0 Å². The summed E-state index contributed by atoms with van der Waals surface area (Å²) in [5, 5.41) is 0.606. The van der Waals surface area contributed by atoms with E-state index in [0.717, 1.165) is 11.1 Å². The van der Waals surface area contributed by atoms with Crippen LogP contribution < -0.4 is 4.72 Å². The van der Waals surface area contributed by atoms with Gasteiger partial charge >= 0.3 is 0 Å². The van der Waals surface area contributed by atoms with Gasteiger partial charge in [0.05, 0.1) is 4.90 Å². The van der Waals surface area contributed by atoms with E-state index < -0.39 is 10.0 Å². The largest absolute Gasteiger partial charge is 0.241 e. The molecule has 0 radical (unpaired) electrons. The van der Waals surface area contributed by atoms with Crippen LogP contribution in [0, 0.1) is 19.8 Å². The third kappa shape index (κ3) is 3.80. The zero-order valence-electron chi connectivity index (χ0n) is 11.2. The first kappa shape index (κ1) is 15.7. The van der Waals surface area contributed by atoms with Crippen molar-refractivity contribution in [3.8, 4) is 0 Å². The molecule has 0 fully saturated rings. The molecule has 0 saturated carbocycles. The van der Waals surface area contributed by atoms with Gasteiger partial charge in [-0.2, -0.15) is 0 Å². The average molecular weight is 334 g/mol. The maximum Gasteiger partial charge on any atom is 0.241 e. The number of halogens is 1. The van der Waals surface area contributed by atoms with E-state index in [4.69, 9.17) is 0 Å². The molecule has 1 aromatic carbocycles. The van der Waals surface area contributed by atoms with Crippen molar-refractivity contribution in [2.24, 2.45) is 5.92 Å². The Hall–Kier alpha value is -0.390. The van der Waals surface area contributed by atoms with Crippen LogP contribution in [0.4, 0.5) is 0 Å². The summed E-state index contributed by atoms with van der Waals surface area (Å²) < 4.78 is 27.4. The molecule has 5 heteroatoms. The predicted molar refractivity (Wildman–Crippen MR) is 78.7 cm³/mol. The van der Waals surface area contributed by atoms with Crippen LogP contribution in [0.2, 0.25) is 0 Å². The highest BCUT2D eigenvalue weighted by molar-refractivity contribution is 9.09. The SMILES string of the molecule is Cc1ccc(C)c(S(=O)(=O)NC(CBr)C(C)C)c1. The van der Waals surface area contributed by atoms with Crippen LogP contribution in [0.1, 0.15) is 25.0 Å². The van der Waals surface area contributed by atoms with E-state index in [1.807, 2.05) is 39.8 Å². The summed E-state index contributed by atoms with van der Waals surface area (Å²) in [5.41, 5.74) is 1.71. The maximum absolute atomic E-state index is 12.3. The Morgan fingerprint density at radius 1 is 1.28 bits per heavy atom. The van der Waals surface area contributed by atoms with Gasteiger partial charge in [0.2, 0.25) is 10.0 Å². The molecule has 0 aromatic heterocycles. The third-order valence-corrected chi connectivity index (χ3v) is 5.24. The van der Waals surface area contributed by atoms with Gasteiger partial charge in [0.25, 0.3) is 0 Å². The molecule has 0 aliphatic carbocycles. The number of aryl methyl sites for hydroxylation is 2. The lowest BCUT2D eigenvalue weighted by Gasteiger charge is -2.20. The average Bonchev–Trinajstić information content (AvgIpc) is 2.28.